The maximum absolute atomic E-state index is 13.1. The van der Waals surface area contributed by atoms with Crippen LogP contribution in [0.15, 0.2) is 54.6 Å². The van der Waals surface area contributed by atoms with Crippen LogP contribution in [0.5, 0.6) is 0 Å². The van der Waals surface area contributed by atoms with Gasteiger partial charge < -0.3 is 4.90 Å². The molecule has 2 aromatic carbocycles. The van der Waals surface area contributed by atoms with E-state index in [9.17, 15) is 4.39 Å². The summed E-state index contributed by atoms with van der Waals surface area (Å²) < 4.78 is 14.8. The van der Waals surface area contributed by atoms with Crippen molar-refractivity contribution in [1.82, 2.24) is 25.1 Å². The van der Waals surface area contributed by atoms with Crippen LogP contribution in [0, 0.1) is 5.82 Å². The van der Waals surface area contributed by atoms with Crippen molar-refractivity contribution in [3.63, 3.8) is 0 Å². The Bertz CT molecular complexity index is 809. The fourth-order valence-electron chi connectivity index (χ4n) is 3.09. The molecule has 128 valence electrons. The molecular weight excluding hydrogens is 319 g/mol. The summed E-state index contributed by atoms with van der Waals surface area (Å²) in [4.78, 5) is 4.61. The number of halogens is 1. The summed E-state index contributed by atoms with van der Waals surface area (Å²) in [6, 6.07) is 16.6. The van der Waals surface area contributed by atoms with Gasteiger partial charge in [-0.2, -0.15) is 4.68 Å². The molecule has 0 N–H and O–H groups in total. The number of para-hydroxylation sites is 1. The van der Waals surface area contributed by atoms with Crippen LogP contribution in [0.2, 0.25) is 0 Å². The van der Waals surface area contributed by atoms with Gasteiger partial charge in [0.15, 0.2) is 5.82 Å². The normalized spacial score (nSPS) is 15.5. The Morgan fingerprint density at radius 1 is 0.840 bits per heavy atom. The third-order valence-corrected chi connectivity index (χ3v) is 4.46. The Kier molecular flexibility index (Phi) is 4.39. The number of tetrazole rings is 1. The largest absolute Gasteiger partial charge is 0.369 e. The molecule has 1 aliphatic rings. The second-order valence-corrected chi connectivity index (χ2v) is 6.08. The first kappa shape index (κ1) is 15.7. The minimum atomic E-state index is -0.199. The Morgan fingerprint density at radius 3 is 2.28 bits per heavy atom. The van der Waals surface area contributed by atoms with Crippen LogP contribution in [-0.4, -0.2) is 51.3 Å². The highest BCUT2D eigenvalue weighted by molar-refractivity contribution is 5.46. The van der Waals surface area contributed by atoms with E-state index in [2.05, 4.69) is 25.3 Å². The monoisotopic (exact) mass is 338 g/mol. The lowest BCUT2D eigenvalue weighted by Gasteiger charge is -2.35. The van der Waals surface area contributed by atoms with Crippen molar-refractivity contribution in [2.24, 2.45) is 0 Å². The van der Waals surface area contributed by atoms with E-state index in [0.717, 1.165) is 43.4 Å². The zero-order chi connectivity index (χ0) is 17.1. The number of piperazine rings is 1. The molecule has 7 heteroatoms. The van der Waals surface area contributed by atoms with Crippen LogP contribution >= 0.6 is 0 Å². The van der Waals surface area contributed by atoms with Gasteiger partial charge >= 0.3 is 0 Å². The van der Waals surface area contributed by atoms with E-state index < -0.39 is 0 Å². The molecular formula is C18H19FN6. The summed E-state index contributed by atoms with van der Waals surface area (Å²) in [5, 5.41) is 12.1. The maximum Gasteiger partial charge on any atom is 0.170 e. The van der Waals surface area contributed by atoms with E-state index in [1.807, 2.05) is 42.5 Å². The standard InChI is InChI=1S/C18H19FN6/c19-15-6-8-16(9-7-15)24-12-10-23(11-13-24)14-18-20-21-22-25(18)17-4-2-1-3-5-17/h1-9H,10-14H2. The van der Waals surface area contributed by atoms with E-state index in [1.54, 1.807) is 4.68 Å². The number of anilines is 1. The van der Waals surface area contributed by atoms with Gasteiger partial charge in [0.2, 0.25) is 0 Å². The van der Waals surface area contributed by atoms with Crippen molar-refractivity contribution < 1.29 is 4.39 Å². The quantitative estimate of drug-likeness (QED) is 0.729. The van der Waals surface area contributed by atoms with Crippen LogP contribution in [0.1, 0.15) is 5.82 Å². The third-order valence-electron chi connectivity index (χ3n) is 4.46. The van der Waals surface area contributed by atoms with E-state index in [-0.39, 0.29) is 5.82 Å². The number of aromatic nitrogens is 4. The van der Waals surface area contributed by atoms with Gasteiger partial charge in [0.1, 0.15) is 5.82 Å². The summed E-state index contributed by atoms with van der Waals surface area (Å²) in [6.45, 7) is 4.34. The van der Waals surface area contributed by atoms with E-state index in [0.29, 0.717) is 6.54 Å². The summed E-state index contributed by atoms with van der Waals surface area (Å²) in [5.41, 5.74) is 2.03. The van der Waals surface area contributed by atoms with Crippen LogP contribution in [0.4, 0.5) is 10.1 Å². The van der Waals surface area contributed by atoms with Crippen molar-refractivity contribution in [1.29, 1.82) is 0 Å². The Labute approximate surface area is 145 Å². The molecule has 1 fully saturated rings. The minimum Gasteiger partial charge on any atom is -0.369 e. The van der Waals surface area contributed by atoms with E-state index >= 15 is 0 Å². The molecule has 0 spiro atoms. The average molecular weight is 338 g/mol. The molecule has 1 aromatic heterocycles. The Morgan fingerprint density at radius 2 is 1.56 bits per heavy atom. The lowest BCUT2D eigenvalue weighted by atomic mass is 10.2. The highest BCUT2D eigenvalue weighted by Gasteiger charge is 2.20. The van der Waals surface area contributed by atoms with Gasteiger partial charge in [-0.15, -0.1) is 5.10 Å². The van der Waals surface area contributed by atoms with Crippen molar-refractivity contribution in [2.45, 2.75) is 6.54 Å². The van der Waals surface area contributed by atoms with Crippen molar-refractivity contribution in [3.8, 4) is 5.69 Å². The van der Waals surface area contributed by atoms with Crippen LogP contribution in [-0.2, 0) is 6.54 Å². The zero-order valence-corrected chi connectivity index (χ0v) is 13.8. The van der Waals surface area contributed by atoms with Gasteiger partial charge in [-0.3, -0.25) is 4.90 Å². The second-order valence-electron chi connectivity index (χ2n) is 6.08. The number of benzene rings is 2. The SMILES string of the molecule is Fc1ccc(N2CCN(Cc3nnnn3-c3ccccc3)CC2)cc1. The fraction of sp³-hybridized carbons (Fsp3) is 0.278. The van der Waals surface area contributed by atoms with E-state index in [4.69, 9.17) is 0 Å². The topological polar surface area (TPSA) is 50.1 Å². The molecule has 0 saturated carbocycles. The smallest absolute Gasteiger partial charge is 0.170 e. The van der Waals surface area contributed by atoms with Crippen LogP contribution < -0.4 is 4.90 Å². The highest BCUT2D eigenvalue weighted by atomic mass is 19.1. The summed E-state index contributed by atoms with van der Waals surface area (Å²) >= 11 is 0. The first-order valence-corrected chi connectivity index (χ1v) is 8.35. The molecule has 2 heterocycles. The minimum absolute atomic E-state index is 0.199. The lowest BCUT2D eigenvalue weighted by molar-refractivity contribution is 0.242. The fourth-order valence-corrected chi connectivity index (χ4v) is 3.09. The number of nitrogens with zero attached hydrogens (tertiary/aromatic N) is 6. The highest BCUT2D eigenvalue weighted by Crippen LogP contribution is 2.18. The van der Waals surface area contributed by atoms with Gasteiger partial charge in [-0.1, -0.05) is 18.2 Å². The predicted molar refractivity (Wildman–Crippen MR) is 93.0 cm³/mol. The van der Waals surface area contributed by atoms with Crippen molar-refractivity contribution >= 4 is 5.69 Å². The van der Waals surface area contributed by atoms with Crippen LogP contribution in [0.3, 0.4) is 0 Å². The molecule has 3 aromatic rings. The predicted octanol–water partition coefficient (Wildman–Crippen LogP) is 2.12. The average Bonchev–Trinajstić information content (AvgIpc) is 3.12. The van der Waals surface area contributed by atoms with Gasteiger partial charge in [0.25, 0.3) is 0 Å². The lowest BCUT2D eigenvalue weighted by Crippen LogP contribution is -2.46. The molecule has 25 heavy (non-hydrogen) atoms. The molecule has 0 aliphatic carbocycles. The Hall–Kier alpha value is -2.80. The molecule has 0 bridgehead atoms. The van der Waals surface area contributed by atoms with Crippen molar-refractivity contribution in [2.75, 3.05) is 31.1 Å². The Balaban J connectivity index is 1.40. The summed E-state index contributed by atoms with van der Waals surface area (Å²) in [7, 11) is 0. The first-order valence-electron chi connectivity index (χ1n) is 8.35. The summed E-state index contributed by atoms with van der Waals surface area (Å²) in [5.74, 6) is 0.636. The van der Waals surface area contributed by atoms with E-state index in [1.165, 1.54) is 12.1 Å². The van der Waals surface area contributed by atoms with Crippen molar-refractivity contribution in [3.05, 3.63) is 66.2 Å². The van der Waals surface area contributed by atoms with Gasteiger partial charge in [-0.05, 0) is 46.8 Å². The molecule has 1 aliphatic heterocycles. The van der Waals surface area contributed by atoms with Gasteiger partial charge in [-0.25, -0.2) is 4.39 Å². The zero-order valence-electron chi connectivity index (χ0n) is 13.8. The van der Waals surface area contributed by atoms with Gasteiger partial charge in [0, 0.05) is 31.9 Å². The van der Waals surface area contributed by atoms with Crippen LogP contribution in [0.25, 0.3) is 5.69 Å². The maximum atomic E-state index is 13.1. The molecule has 6 nitrogen and oxygen atoms in total. The first-order chi connectivity index (χ1) is 12.3. The molecule has 1 saturated heterocycles. The molecule has 4 rings (SSSR count). The number of rotatable bonds is 4. The molecule has 0 amide bonds. The molecule has 0 unspecified atom stereocenters. The summed E-state index contributed by atoms with van der Waals surface area (Å²) in [6.07, 6.45) is 0. The molecule has 0 radical (unpaired) electrons. The molecule has 0 atom stereocenters. The van der Waals surface area contributed by atoms with Gasteiger partial charge in [0.05, 0.1) is 12.2 Å². The third kappa shape index (κ3) is 3.51. The number of hydrogen-bond acceptors (Lipinski definition) is 5. The number of hydrogen-bond donors (Lipinski definition) is 0. The second kappa shape index (κ2) is 6.98.